The summed E-state index contributed by atoms with van der Waals surface area (Å²) in [6.45, 7) is 3.42. The van der Waals surface area contributed by atoms with Gasteiger partial charge in [0.05, 0.1) is 0 Å². The van der Waals surface area contributed by atoms with Gasteiger partial charge < -0.3 is 11.1 Å². The summed E-state index contributed by atoms with van der Waals surface area (Å²) in [4.78, 5) is 22.8. The van der Waals surface area contributed by atoms with E-state index in [0.717, 1.165) is 18.2 Å². The molecule has 0 saturated carbocycles. The number of halogens is 2. The van der Waals surface area contributed by atoms with E-state index in [2.05, 4.69) is 5.32 Å². The molecule has 0 aliphatic rings. The summed E-state index contributed by atoms with van der Waals surface area (Å²) < 4.78 is 25.6. The Morgan fingerprint density at radius 1 is 1.22 bits per heavy atom. The summed E-state index contributed by atoms with van der Waals surface area (Å²) in [5.74, 6) is -3.71. The van der Waals surface area contributed by atoms with Gasteiger partial charge >= 0.3 is 0 Å². The third-order valence-corrected chi connectivity index (χ3v) is 2.44. The van der Waals surface area contributed by atoms with E-state index in [4.69, 9.17) is 5.73 Å². The van der Waals surface area contributed by atoms with Gasteiger partial charge in [0.25, 0.3) is 5.91 Å². The van der Waals surface area contributed by atoms with Crippen molar-refractivity contribution < 1.29 is 18.4 Å². The van der Waals surface area contributed by atoms with Crippen LogP contribution in [0.3, 0.4) is 0 Å². The first kappa shape index (κ1) is 14.1. The van der Waals surface area contributed by atoms with Gasteiger partial charge in [-0.1, -0.05) is 13.8 Å². The van der Waals surface area contributed by atoms with Crippen molar-refractivity contribution in [3.05, 3.63) is 35.4 Å². The van der Waals surface area contributed by atoms with Crippen LogP contribution in [0.4, 0.5) is 8.78 Å². The molecule has 0 heterocycles. The maximum Gasteiger partial charge on any atom is 0.252 e. The normalized spacial score (nSPS) is 12.3. The summed E-state index contributed by atoms with van der Waals surface area (Å²) >= 11 is 0. The fraction of sp³-hybridized carbons (Fsp3) is 0.333. The van der Waals surface area contributed by atoms with E-state index in [-0.39, 0.29) is 11.5 Å². The molecule has 6 heteroatoms. The fourth-order valence-electron chi connectivity index (χ4n) is 1.43. The zero-order valence-corrected chi connectivity index (χ0v) is 10.0. The van der Waals surface area contributed by atoms with Crippen LogP contribution in [0.15, 0.2) is 18.2 Å². The first-order valence-electron chi connectivity index (χ1n) is 5.38. The molecule has 0 aliphatic carbocycles. The quantitative estimate of drug-likeness (QED) is 0.849. The smallest absolute Gasteiger partial charge is 0.252 e. The lowest BCUT2D eigenvalue weighted by molar-refractivity contribution is -0.120. The first-order valence-corrected chi connectivity index (χ1v) is 5.38. The van der Waals surface area contributed by atoms with Gasteiger partial charge in [0, 0.05) is 5.56 Å². The lowest BCUT2D eigenvalue weighted by Crippen LogP contribution is -2.47. The number of hydrogen-bond acceptors (Lipinski definition) is 2. The number of rotatable bonds is 4. The Morgan fingerprint density at radius 3 is 2.28 bits per heavy atom. The van der Waals surface area contributed by atoms with Crippen LogP contribution in [0.2, 0.25) is 0 Å². The largest absolute Gasteiger partial charge is 0.368 e. The monoisotopic (exact) mass is 256 g/mol. The standard InChI is InChI=1S/C12H14F2N2O2/c1-6(2)10(11(15)17)16-12(18)7-3-4-8(13)9(14)5-7/h3-6,10H,1-2H3,(H2,15,17)(H,16,18)/t10-/m0/s1. The maximum absolute atomic E-state index is 12.9. The van der Waals surface area contributed by atoms with Crippen LogP contribution in [-0.2, 0) is 4.79 Å². The van der Waals surface area contributed by atoms with Crippen LogP contribution in [-0.4, -0.2) is 17.9 Å². The molecule has 0 bridgehead atoms. The molecule has 1 rings (SSSR count). The van der Waals surface area contributed by atoms with Gasteiger partial charge in [0.1, 0.15) is 6.04 Å². The van der Waals surface area contributed by atoms with Gasteiger partial charge in [-0.2, -0.15) is 0 Å². The van der Waals surface area contributed by atoms with E-state index >= 15 is 0 Å². The van der Waals surface area contributed by atoms with Crippen molar-refractivity contribution in [2.45, 2.75) is 19.9 Å². The van der Waals surface area contributed by atoms with E-state index in [9.17, 15) is 18.4 Å². The zero-order chi connectivity index (χ0) is 13.9. The Morgan fingerprint density at radius 2 is 1.83 bits per heavy atom. The first-order chi connectivity index (χ1) is 8.32. The van der Waals surface area contributed by atoms with E-state index in [0.29, 0.717) is 0 Å². The van der Waals surface area contributed by atoms with Crippen LogP contribution in [0.5, 0.6) is 0 Å². The molecule has 0 fully saturated rings. The molecule has 0 spiro atoms. The van der Waals surface area contributed by atoms with Crippen molar-refractivity contribution in [1.82, 2.24) is 5.32 Å². The Balaban J connectivity index is 2.87. The number of carbonyl (C=O) groups excluding carboxylic acids is 2. The lowest BCUT2D eigenvalue weighted by Gasteiger charge is -2.18. The minimum atomic E-state index is -1.12. The van der Waals surface area contributed by atoms with Crippen molar-refractivity contribution in [1.29, 1.82) is 0 Å². The number of carbonyl (C=O) groups is 2. The molecule has 0 aliphatic heterocycles. The molecule has 1 aromatic rings. The average Bonchev–Trinajstić information content (AvgIpc) is 2.28. The second-order valence-electron chi connectivity index (χ2n) is 4.23. The highest BCUT2D eigenvalue weighted by Crippen LogP contribution is 2.10. The number of nitrogens with two attached hydrogens (primary N) is 1. The molecule has 0 radical (unpaired) electrons. The van der Waals surface area contributed by atoms with Crippen LogP contribution in [0.1, 0.15) is 24.2 Å². The second kappa shape index (κ2) is 5.57. The number of primary amides is 1. The van der Waals surface area contributed by atoms with Crippen molar-refractivity contribution in [2.24, 2.45) is 11.7 Å². The van der Waals surface area contributed by atoms with Crippen LogP contribution >= 0.6 is 0 Å². The van der Waals surface area contributed by atoms with Gasteiger partial charge in [-0.25, -0.2) is 8.78 Å². The topological polar surface area (TPSA) is 72.2 Å². The Labute approximate surface area is 103 Å². The summed E-state index contributed by atoms with van der Waals surface area (Å²) in [7, 11) is 0. The molecular formula is C12H14F2N2O2. The molecule has 98 valence electrons. The Kier molecular flexibility index (Phi) is 4.36. The zero-order valence-electron chi connectivity index (χ0n) is 10.0. The van der Waals surface area contributed by atoms with E-state index in [1.54, 1.807) is 13.8 Å². The molecule has 3 N–H and O–H groups in total. The predicted octanol–water partition coefficient (Wildman–Crippen LogP) is 1.20. The van der Waals surface area contributed by atoms with Crippen LogP contribution in [0.25, 0.3) is 0 Å². The van der Waals surface area contributed by atoms with Crippen molar-refractivity contribution in [3.8, 4) is 0 Å². The van der Waals surface area contributed by atoms with Gasteiger partial charge in [-0.05, 0) is 24.1 Å². The summed E-state index contributed by atoms with van der Waals surface area (Å²) in [5, 5.41) is 2.38. The summed E-state index contributed by atoms with van der Waals surface area (Å²) in [5.41, 5.74) is 5.06. The molecule has 18 heavy (non-hydrogen) atoms. The third-order valence-electron chi connectivity index (χ3n) is 2.44. The van der Waals surface area contributed by atoms with Crippen molar-refractivity contribution >= 4 is 11.8 Å². The van der Waals surface area contributed by atoms with E-state index in [1.165, 1.54) is 0 Å². The third kappa shape index (κ3) is 3.26. The highest BCUT2D eigenvalue weighted by Gasteiger charge is 2.22. The number of amides is 2. The molecule has 0 unspecified atom stereocenters. The number of benzene rings is 1. The van der Waals surface area contributed by atoms with Gasteiger partial charge in [-0.15, -0.1) is 0 Å². The Bertz CT molecular complexity index is 475. The lowest BCUT2D eigenvalue weighted by atomic mass is 10.0. The van der Waals surface area contributed by atoms with Gasteiger partial charge in [-0.3, -0.25) is 9.59 Å². The minimum Gasteiger partial charge on any atom is -0.368 e. The van der Waals surface area contributed by atoms with Crippen molar-refractivity contribution in [3.63, 3.8) is 0 Å². The molecule has 4 nitrogen and oxygen atoms in total. The minimum absolute atomic E-state index is 0.0687. The predicted molar refractivity (Wildman–Crippen MR) is 61.6 cm³/mol. The molecule has 1 atom stereocenters. The molecular weight excluding hydrogens is 242 g/mol. The summed E-state index contributed by atoms with van der Waals surface area (Å²) in [6, 6.07) is 1.89. The molecule has 2 amide bonds. The molecule has 0 aromatic heterocycles. The summed E-state index contributed by atoms with van der Waals surface area (Å²) in [6.07, 6.45) is 0. The molecule has 1 aromatic carbocycles. The number of hydrogen-bond donors (Lipinski definition) is 2. The van der Waals surface area contributed by atoms with Crippen LogP contribution < -0.4 is 11.1 Å². The van der Waals surface area contributed by atoms with Gasteiger partial charge in [0.2, 0.25) is 5.91 Å². The highest BCUT2D eigenvalue weighted by atomic mass is 19.2. The van der Waals surface area contributed by atoms with Crippen molar-refractivity contribution in [2.75, 3.05) is 0 Å². The SMILES string of the molecule is CC(C)[C@H](NC(=O)c1ccc(F)c(F)c1)C(N)=O. The van der Waals surface area contributed by atoms with Gasteiger partial charge in [0.15, 0.2) is 11.6 Å². The van der Waals surface area contributed by atoms with E-state index < -0.39 is 29.5 Å². The highest BCUT2D eigenvalue weighted by molar-refractivity contribution is 5.97. The fourth-order valence-corrected chi connectivity index (χ4v) is 1.43. The second-order valence-corrected chi connectivity index (χ2v) is 4.23. The van der Waals surface area contributed by atoms with Crippen LogP contribution in [0, 0.1) is 17.6 Å². The number of nitrogens with one attached hydrogen (secondary N) is 1. The van der Waals surface area contributed by atoms with E-state index in [1.807, 2.05) is 0 Å². The molecule has 0 saturated heterocycles. The maximum atomic E-state index is 12.9. The Hall–Kier alpha value is -1.98. The average molecular weight is 256 g/mol.